The summed E-state index contributed by atoms with van der Waals surface area (Å²) >= 11 is 0. The Kier molecular flexibility index (Phi) is 7.23. The maximum Gasteiger partial charge on any atom is 0.338 e. The molecule has 0 heterocycles. The van der Waals surface area contributed by atoms with Crippen LogP contribution < -0.4 is 14.8 Å². The second-order valence-electron chi connectivity index (χ2n) is 5.88. The Labute approximate surface area is 159 Å². The lowest BCUT2D eigenvalue weighted by atomic mass is 10.1. The largest absolute Gasteiger partial charge is 0.497 e. The summed E-state index contributed by atoms with van der Waals surface area (Å²) in [5.74, 6) is 0.504. The SMILES string of the molecule is CCOC(=O)c1cccc(NC(=O)C(CC)Oc2cccc(OC)c2)c1C. The van der Waals surface area contributed by atoms with Crippen molar-refractivity contribution in [2.24, 2.45) is 0 Å². The van der Waals surface area contributed by atoms with Crippen molar-refractivity contribution in [2.45, 2.75) is 33.3 Å². The van der Waals surface area contributed by atoms with Gasteiger partial charge in [0.15, 0.2) is 6.10 Å². The Hall–Kier alpha value is -3.02. The number of methoxy groups -OCH3 is 1. The van der Waals surface area contributed by atoms with E-state index in [1.165, 1.54) is 0 Å². The number of carbonyl (C=O) groups excluding carboxylic acids is 2. The van der Waals surface area contributed by atoms with Crippen LogP contribution in [-0.4, -0.2) is 31.7 Å². The zero-order valence-corrected chi connectivity index (χ0v) is 16.1. The second kappa shape index (κ2) is 9.62. The summed E-state index contributed by atoms with van der Waals surface area (Å²) in [6.07, 6.45) is -0.192. The van der Waals surface area contributed by atoms with Crippen LogP contribution >= 0.6 is 0 Å². The van der Waals surface area contributed by atoms with Crippen LogP contribution in [0.2, 0.25) is 0 Å². The maximum absolute atomic E-state index is 12.7. The van der Waals surface area contributed by atoms with Crippen molar-refractivity contribution in [1.29, 1.82) is 0 Å². The molecular weight excluding hydrogens is 346 g/mol. The average Bonchev–Trinajstić information content (AvgIpc) is 2.67. The van der Waals surface area contributed by atoms with E-state index in [2.05, 4.69) is 5.32 Å². The van der Waals surface area contributed by atoms with Crippen molar-refractivity contribution < 1.29 is 23.8 Å². The number of amides is 1. The van der Waals surface area contributed by atoms with Gasteiger partial charge in [-0.1, -0.05) is 19.1 Å². The van der Waals surface area contributed by atoms with Gasteiger partial charge in [-0.2, -0.15) is 0 Å². The normalized spacial score (nSPS) is 11.4. The van der Waals surface area contributed by atoms with Gasteiger partial charge >= 0.3 is 5.97 Å². The van der Waals surface area contributed by atoms with Crippen LogP contribution in [0.25, 0.3) is 0 Å². The Morgan fingerprint density at radius 3 is 2.44 bits per heavy atom. The summed E-state index contributed by atoms with van der Waals surface area (Å²) < 4.78 is 16.0. The fraction of sp³-hybridized carbons (Fsp3) is 0.333. The van der Waals surface area contributed by atoms with Gasteiger partial charge in [-0.25, -0.2) is 4.79 Å². The van der Waals surface area contributed by atoms with E-state index >= 15 is 0 Å². The van der Waals surface area contributed by atoms with Gasteiger partial charge in [0.2, 0.25) is 0 Å². The maximum atomic E-state index is 12.7. The molecule has 0 aromatic heterocycles. The molecule has 27 heavy (non-hydrogen) atoms. The Balaban J connectivity index is 2.14. The predicted molar refractivity (Wildman–Crippen MR) is 103 cm³/mol. The Morgan fingerprint density at radius 2 is 1.78 bits per heavy atom. The van der Waals surface area contributed by atoms with Gasteiger partial charge in [-0.3, -0.25) is 4.79 Å². The van der Waals surface area contributed by atoms with E-state index < -0.39 is 12.1 Å². The molecule has 1 N–H and O–H groups in total. The quantitative estimate of drug-likeness (QED) is 0.711. The summed E-state index contributed by atoms with van der Waals surface area (Å²) in [5, 5.41) is 2.84. The standard InChI is InChI=1S/C21H25NO5/c1-5-19(27-16-10-7-9-15(13-16)25-4)20(23)22-18-12-8-11-17(14(18)3)21(24)26-6-2/h7-13,19H,5-6H2,1-4H3,(H,22,23). The summed E-state index contributed by atoms with van der Waals surface area (Å²) in [7, 11) is 1.57. The van der Waals surface area contributed by atoms with E-state index in [1.807, 2.05) is 6.92 Å². The molecule has 0 aliphatic heterocycles. The molecule has 6 heteroatoms. The molecule has 2 aromatic carbocycles. The van der Waals surface area contributed by atoms with Gasteiger partial charge in [0, 0.05) is 11.8 Å². The van der Waals surface area contributed by atoms with E-state index in [0.717, 1.165) is 0 Å². The lowest BCUT2D eigenvalue weighted by Gasteiger charge is -2.19. The number of hydrogen-bond donors (Lipinski definition) is 1. The first-order valence-corrected chi connectivity index (χ1v) is 8.88. The number of nitrogens with one attached hydrogen (secondary N) is 1. The molecule has 0 radical (unpaired) electrons. The van der Waals surface area contributed by atoms with Crippen molar-refractivity contribution in [3.05, 3.63) is 53.6 Å². The molecule has 144 valence electrons. The highest BCUT2D eigenvalue weighted by atomic mass is 16.5. The summed E-state index contributed by atoms with van der Waals surface area (Å²) in [6.45, 7) is 5.68. The van der Waals surface area contributed by atoms with Crippen molar-refractivity contribution in [1.82, 2.24) is 0 Å². The summed E-state index contributed by atoms with van der Waals surface area (Å²) in [4.78, 5) is 24.7. The van der Waals surface area contributed by atoms with Crippen molar-refractivity contribution in [3.8, 4) is 11.5 Å². The van der Waals surface area contributed by atoms with Crippen LogP contribution in [0.15, 0.2) is 42.5 Å². The Morgan fingerprint density at radius 1 is 1.07 bits per heavy atom. The lowest BCUT2D eigenvalue weighted by molar-refractivity contribution is -0.122. The van der Waals surface area contributed by atoms with Gasteiger partial charge in [0.25, 0.3) is 5.91 Å². The van der Waals surface area contributed by atoms with E-state index in [-0.39, 0.29) is 5.91 Å². The van der Waals surface area contributed by atoms with E-state index in [4.69, 9.17) is 14.2 Å². The monoisotopic (exact) mass is 371 g/mol. The lowest BCUT2D eigenvalue weighted by Crippen LogP contribution is -2.32. The minimum atomic E-state index is -0.678. The minimum absolute atomic E-state index is 0.288. The minimum Gasteiger partial charge on any atom is -0.497 e. The van der Waals surface area contributed by atoms with Gasteiger partial charge in [0.05, 0.1) is 19.3 Å². The van der Waals surface area contributed by atoms with E-state index in [9.17, 15) is 9.59 Å². The molecule has 0 aliphatic carbocycles. The molecule has 0 saturated heterocycles. The number of esters is 1. The van der Waals surface area contributed by atoms with Gasteiger partial charge < -0.3 is 19.5 Å². The molecule has 0 saturated carbocycles. The van der Waals surface area contributed by atoms with Gasteiger partial charge in [0.1, 0.15) is 11.5 Å². The fourth-order valence-electron chi connectivity index (χ4n) is 2.58. The fourth-order valence-corrected chi connectivity index (χ4v) is 2.58. The predicted octanol–water partition coefficient (Wildman–Crippen LogP) is 3.98. The highest BCUT2D eigenvalue weighted by Gasteiger charge is 2.21. The highest BCUT2D eigenvalue weighted by Crippen LogP contribution is 2.23. The number of hydrogen-bond acceptors (Lipinski definition) is 5. The number of carbonyl (C=O) groups is 2. The van der Waals surface area contributed by atoms with Crippen LogP contribution in [0.5, 0.6) is 11.5 Å². The first kappa shape index (κ1) is 20.3. The van der Waals surface area contributed by atoms with Gasteiger partial charge in [-0.05, 0) is 50.1 Å². The average molecular weight is 371 g/mol. The van der Waals surface area contributed by atoms with Crippen LogP contribution in [-0.2, 0) is 9.53 Å². The molecule has 0 bridgehead atoms. The molecule has 1 amide bonds. The van der Waals surface area contributed by atoms with Crippen LogP contribution in [0.4, 0.5) is 5.69 Å². The van der Waals surface area contributed by atoms with Gasteiger partial charge in [-0.15, -0.1) is 0 Å². The van der Waals surface area contributed by atoms with Crippen molar-refractivity contribution >= 4 is 17.6 Å². The number of anilines is 1. The summed E-state index contributed by atoms with van der Waals surface area (Å²) in [5.41, 5.74) is 1.63. The number of ether oxygens (including phenoxy) is 3. The molecular formula is C21H25NO5. The summed E-state index contributed by atoms with van der Waals surface area (Å²) in [6, 6.07) is 12.2. The second-order valence-corrected chi connectivity index (χ2v) is 5.88. The molecule has 1 unspecified atom stereocenters. The molecule has 0 aliphatic rings. The zero-order chi connectivity index (χ0) is 19.8. The zero-order valence-electron chi connectivity index (χ0n) is 16.1. The first-order valence-electron chi connectivity index (χ1n) is 8.88. The number of rotatable bonds is 8. The van der Waals surface area contributed by atoms with Crippen molar-refractivity contribution in [2.75, 3.05) is 19.0 Å². The van der Waals surface area contributed by atoms with E-state index in [0.29, 0.717) is 41.3 Å². The molecule has 2 rings (SSSR count). The Bertz CT molecular complexity index is 803. The molecule has 2 aromatic rings. The third-order valence-electron chi connectivity index (χ3n) is 4.07. The molecule has 0 fully saturated rings. The third kappa shape index (κ3) is 5.23. The first-order chi connectivity index (χ1) is 13.0. The molecule has 6 nitrogen and oxygen atoms in total. The topological polar surface area (TPSA) is 73.9 Å². The molecule has 1 atom stereocenters. The van der Waals surface area contributed by atoms with Crippen molar-refractivity contribution in [3.63, 3.8) is 0 Å². The third-order valence-corrected chi connectivity index (χ3v) is 4.07. The highest BCUT2D eigenvalue weighted by molar-refractivity contribution is 5.98. The molecule has 0 spiro atoms. The van der Waals surface area contributed by atoms with Crippen LogP contribution in [0, 0.1) is 6.92 Å². The number of benzene rings is 2. The smallest absolute Gasteiger partial charge is 0.338 e. The van der Waals surface area contributed by atoms with Crippen LogP contribution in [0.3, 0.4) is 0 Å². The van der Waals surface area contributed by atoms with E-state index in [1.54, 1.807) is 63.4 Å². The van der Waals surface area contributed by atoms with Crippen LogP contribution in [0.1, 0.15) is 36.2 Å².